The van der Waals surface area contributed by atoms with Crippen LogP contribution in [0.2, 0.25) is 0 Å². The lowest BCUT2D eigenvalue weighted by molar-refractivity contribution is 0.0467. The summed E-state index contributed by atoms with van der Waals surface area (Å²) < 4.78 is 6.55. The van der Waals surface area contributed by atoms with E-state index in [0.717, 1.165) is 10.9 Å². The van der Waals surface area contributed by atoms with E-state index in [4.69, 9.17) is 4.74 Å². The Balaban J connectivity index is 1.66. The lowest BCUT2D eigenvalue weighted by Gasteiger charge is -2.01. The van der Waals surface area contributed by atoms with Crippen molar-refractivity contribution in [2.75, 3.05) is 0 Å². The van der Waals surface area contributed by atoms with Gasteiger partial charge < -0.3 is 9.72 Å². The van der Waals surface area contributed by atoms with Gasteiger partial charge in [0.05, 0.1) is 16.6 Å². The number of carbonyl (C=O) groups is 1. The fourth-order valence-corrected chi connectivity index (χ4v) is 2.63. The molecule has 24 heavy (non-hydrogen) atoms. The summed E-state index contributed by atoms with van der Waals surface area (Å²) in [7, 11) is 0. The molecule has 0 spiro atoms. The number of hydrogen-bond donors (Lipinski definition) is 1. The van der Waals surface area contributed by atoms with Gasteiger partial charge in [0.1, 0.15) is 12.3 Å². The van der Waals surface area contributed by atoms with E-state index >= 15 is 0 Å². The average molecular weight is 319 g/mol. The van der Waals surface area contributed by atoms with Gasteiger partial charge in [0.15, 0.2) is 0 Å². The van der Waals surface area contributed by atoms with Gasteiger partial charge in [-0.2, -0.15) is 9.61 Å². The van der Waals surface area contributed by atoms with Crippen LogP contribution in [0, 0.1) is 0 Å². The van der Waals surface area contributed by atoms with E-state index in [-0.39, 0.29) is 12.3 Å². The van der Waals surface area contributed by atoms with Gasteiger partial charge in [0.25, 0.3) is 0 Å². The summed E-state index contributed by atoms with van der Waals surface area (Å²) in [4.78, 5) is 26.9. The zero-order valence-electron chi connectivity index (χ0n) is 12.6. The van der Waals surface area contributed by atoms with Crippen LogP contribution in [0.5, 0.6) is 0 Å². The second-order valence-electron chi connectivity index (χ2n) is 5.35. The Kier molecular flexibility index (Phi) is 3.35. The highest BCUT2D eigenvalue weighted by molar-refractivity contribution is 5.93. The second-order valence-corrected chi connectivity index (χ2v) is 5.35. The lowest BCUT2D eigenvalue weighted by Crippen LogP contribution is -2.17. The van der Waals surface area contributed by atoms with Crippen LogP contribution in [0.3, 0.4) is 0 Å². The van der Waals surface area contributed by atoms with E-state index in [9.17, 15) is 9.59 Å². The minimum atomic E-state index is -0.425. The van der Waals surface area contributed by atoms with E-state index in [0.29, 0.717) is 16.8 Å². The number of benzene rings is 2. The van der Waals surface area contributed by atoms with Crippen molar-refractivity contribution in [3.63, 3.8) is 0 Å². The molecule has 0 aliphatic carbocycles. The zero-order chi connectivity index (χ0) is 16.5. The number of nitrogens with one attached hydrogen (secondary N) is 1. The van der Waals surface area contributed by atoms with Gasteiger partial charge in [0, 0.05) is 5.39 Å². The van der Waals surface area contributed by atoms with Crippen LogP contribution in [0.4, 0.5) is 0 Å². The first-order valence-corrected chi connectivity index (χ1v) is 7.44. The maximum Gasteiger partial charge on any atom is 0.347 e. The summed E-state index contributed by atoms with van der Waals surface area (Å²) in [6.45, 7) is 0.00315. The SMILES string of the molecule is O=C(OCc1cc2c3ccccc3[nH]c(=O)n2n1)c1ccccc1. The first kappa shape index (κ1) is 14.2. The molecule has 0 aliphatic heterocycles. The maximum atomic E-state index is 12.1. The molecule has 6 heteroatoms. The van der Waals surface area contributed by atoms with E-state index < -0.39 is 5.97 Å². The average Bonchev–Trinajstić information content (AvgIpc) is 3.06. The number of ether oxygens (including phenoxy) is 1. The van der Waals surface area contributed by atoms with Crippen molar-refractivity contribution in [2.45, 2.75) is 6.61 Å². The Labute approximate surface area is 136 Å². The highest BCUT2D eigenvalue weighted by Gasteiger charge is 2.11. The largest absolute Gasteiger partial charge is 0.456 e. The third-order valence-corrected chi connectivity index (χ3v) is 3.76. The minimum Gasteiger partial charge on any atom is -0.456 e. The summed E-state index contributed by atoms with van der Waals surface area (Å²) in [6.07, 6.45) is 0. The molecule has 0 fully saturated rings. The molecule has 0 amide bonds. The first-order valence-electron chi connectivity index (χ1n) is 7.44. The van der Waals surface area contributed by atoms with Gasteiger partial charge in [0.2, 0.25) is 0 Å². The van der Waals surface area contributed by atoms with Gasteiger partial charge >= 0.3 is 11.7 Å². The Morgan fingerprint density at radius 3 is 2.67 bits per heavy atom. The van der Waals surface area contributed by atoms with E-state index in [1.807, 2.05) is 30.3 Å². The lowest BCUT2D eigenvalue weighted by atomic mass is 10.2. The molecule has 0 radical (unpaired) electrons. The van der Waals surface area contributed by atoms with Crippen molar-refractivity contribution in [2.24, 2.45) is 0 Å². The number of hydrogen-bond acceptors (Lipinski definition) is 4. The van der Waals surface area contributed by atoms with Crippen molar-refractivity contribution >= 4 is 22.4 Å². The molecular weight excluding hydrogens is 306 g/mol. The summed E-state index contributed by atoms with van der Waals surface area (Å²) >= 11 is 0. The molecule has 2 aromatic carbocycles. The van der Waals surface area contributed by atoms with Crippen LogP contribution < -0.4 is 5.69 Å². The molecule has 0 saturated heterocycles. The fourth-order valence-electron chi connectivity index (χ4n) is 2.63. The number of H-pyrrole nitrogens is 1. The predicted molar refractivity (Wildman–Crippen MR) is 88.9 cm³/mol. The number of fused-ring (bicyclic) bond motifs is 3. The Bertz CT molecular complexity index is 1100. The Morgan fingerprint density at radius 2 is 1.83 bits per heavy atom. The summed E-state index contributed by atoms with van der Waals surface area (Å²) in [5, 5.41) is 5.10. The smallest absolute Gasteiger partial charge is 0.347 e. The fraction of sp³-hybridized carbons (Fsp3) is 0.0556. The standard InChI is InChI=1S/C18H13N3O3/c22-17(12-6-2-1-3-7-12)24-11-13-10-16-14-8-4-5-9-15(14)19-18(23)21(16)20-13/h1-10H,11H2,(H,19,23). The molecule has 0 unspecified atom stereocenters. The molecule has 0 aliphatic rings. The van der Waals surface area contributed by atoms with E-state index in [2.05, 4.69) is 10.1 Å². The first-order chi connectivity index (χ1) is 11.7. The number of rotatable bonds is 3. The number of carbonyl (C=O) groups excluding carboxylic acids is 1. The highest BCUT2D eigenvalue weighted by Crippen LogP contribution is 2.17. The molecule has 1 N–H and O–H groups in total. The van der Waals surface area contributed by atoms with Crippen LogP contribution in [0.1, 0.15) is 16.1 Å². The van der Waals surface area contributed by atoms with Gasteiger partial charge in [-0.3, -0.25) is 0 Å². The van der Waals surface area contributed by atoms with Gasteiger partial charge in [-0.05, 0) is 24.3 Å². The molecule has 6 nitrogen and oxygen atoms in total. The van der Waals surface area contributed by atoms with Gasteiger partial charge in [-0.1, -0.05) is 36.4 Å². The molecule has 2 heterocycles. The van der Waals surface area contributed by atoms with Crippen LogP contribution >= 0.6 is 0 Å². The molecule has 0 saturated carbocycles. The third kappa shape index (κ3) is 2.44. The van der Waals surface area contributed by atoms with Gasteiger partial charge in [-0.15, -0.1) is 0 Å². The zero-order valence-corrected chi connectivity index (χ0v) is 12.6. The van der Waals surface area contributed by atoms with Crippen LogP contribution in [0.15, 0.2) is 65.5 Å². The maximum absolute atomic E-state index is 12.1. The van der Waals surface area contributed by atoms with Crippen molar-refractivity contribution in [1.82, 2.24) is 14.6 Å². The molecule has 4 aromatic rings. The monoisotopic (exact) mass is 319 g/mol. The number of aromatic nitrogens is 3. The molecule has 0 atom stereocenters. The predicted octanol–water partition coefficient (Wildman–Crippen LogP) is 2.53. The van der Waals surface area contributed by atoms with Crippen LogP contribution in [-0.4, -0.2) is 20.6 Å². The number of esters is 1. The molecule has 0 bridgehead atoms. The third-order valence-electron chi connectivity index (χ3n) is 3.76. The second kappa shape index (κ2) is 5.66. The summed E-state index contributed by atoms with van der Waals surface area (Å²) in [5.41, 5.74) is 2.08. The Hall–Kier alpha value is -3.41. The van der Waals surface area contributed by atoms with Crippen molar-refractivity contribution < 1.29 is 9.53 Å². The van der Waals surface area contributed by atoms with Crippen molar-refractivity contribution in [3.05, 3.63) is 82.4 Å². The number of nitrogens with zero attached hydrogens (tertiary/aromatic N) is 2. The van der Waals surface area contributed by atoms with Crippen molar-refractivity contribution in [3.8, 4) is 0 Å². The molecule has 118 valence electrons. The molecule has 4 rings (SSSR count). The minimum absolute atomic E-state index is 0.00315. The summed E-state index contributed by atoms with van der Waals surface area (Å²) in [6, 6.07) is 18.0. The van der Waals surface area contributed by atoms with Crippen LogP contribution in [-0.2, 0) is 11.3 Å². The Morgan fingerprint density at radius 1 is 1.08 bits per heavy atom. The van der Waals surface area contributed by atoms with Crippen molar-refractivity contribution in [1.29, 1.82) is 0 Å². The molecule has 2 aromatic heterocycles. The van der Waals surface area contributed by atoms with Gasteiger partial charge in [-0.25, -0.2) is 9.59 Å². The van der Waals surface area contributed by atoms with E-state index in [1.165, 1.54) is 4.52 Å². The molecular formula is C18H13N3O3. The highest BCUT2D eigenvalue weighted by atomic mass is 16.5. The number of aromatic amines is 1. The van der Waals surface area contributed by atoms with Crippen LogP contribution in [0.25, 0.3) is 16.4 Å². The normalized spacial score (nSPS) is 11.0. The van der Waals surface area contributed by atoms with E-state index in [1.54, 1.807) is 30.3 Å². The quantitative estimate of drug-likeness (QED) is 0.589. The number of para-hydroxylation sites is 1. The topological polar surface area (TPSA) is 76.5 Å². The summed E-state index contributed by atoms with van der Waals surface area (Å²) in [5.74, 6) is -0.425.